The number of aliphatic hydroxyl groups is 2. The molecule has 1 saturated heterocycles. The van der Waals surface area contributed by atoms with Crippen LogP contribution in [0.3, 0.4) is 0 Å². The second kappa shape index (κ2) is 8.36. The zero-order valence-corrected chi connectivity index (χ0v) is 16.5. The molecule has 2 aromatic rings. The quantitative estimate of drug-likeness (QED) is 0.442. The molecule has 0 aliphatic carbocycles. The van der Waals surface area contributed by atoms with E-state index in [0.29, 0.717) is 22.6 Å². The van der Waals surface area contributed by atoms with Crippen LogP contribution in [-0.4, -0.2) is 53.7 Å². The molecule has 0 spiro atoms. The van der Waals surface area contributed by atoms with Crippen LogP contribution < -0.4 is 9.47 Å². The summed E-state index contributed by atoms with van der Waals surface area (Å²) in [6.45, 7) is 1.44. The summed E-state index contributed by atoms with van der Waals surface area (Å²) in [5.41, 5.74) is 0.826. The Labute approximate surface area is 168 Å². The summed E-state index contributed by atoms with van der Waals surface area (Å²) in [5, 5.41) is 20.8. The first-order valence-electron chi connectivity index (χ1n) is 9.12. The standard InChI is InChI=1S/C22H23NO6/c1-13(24)12-23-19(16-11-15(28-2)9-10-17(16)29-3)18(21(26)22(23)27)20(25)14-7-5-4-6-8-14/h4-11,13,19,24-25H,12H2,1-3H3/t13-,19+/m1/s1. The number of nitrogens with zero attached hydrogens (tertiary/aromatic N) is 1. The Morgan fingerprint density at radius 3 is 2.38 bits per heavy atom. The summed E-state index contributed by atoms with van der Waals surface area (Å²) in [5.74, 6) is -0.970. The van der Waals surface area contributed by atoms with Crippen molar-refractivity contribution in [2.24, 2.45) is 0 Å². The number of amides is 1. The van der Waals surface area contributed by atoms with E-state index in [4.69, 9.17) is 9.47 Å². The Bertz CT molecular complexity index is 951. The van der Waals surface area contributed by atoms with Gasteiger partial charge in [-0.05, 0) is 25.1 Å². The molecule has 7 nitrogen and oxygen atoms in total. The lowest BCUT2D eigenvalue weighted by Gasteiger charge is -2.27. The lowest BCUT2D eigenvalue weighted by atomic mass is 9.94. The number of carbonyl (C=O) groups excluding carboxylic acids is 2. The predicted molar refractivity (Wildman–Crippen MR) is 107 cm³/mol. The number of benzene rings is 2. The van der Waals surface area contributed by atoms with Crippen LogP contribution in [-0.2, 0) is 9.59 Å². The van der Waals surface area contributed by atoms with Gasteiger partial charge in [0.15, 0.2) is 0 Å². The Hall–Kier alpha value is -3.32. The van der Waals surface area contributed by atoms with Crippen LogP contribution in [0.4, 0.5) is 0 Å². The van der Waals surface area contributed by atoms with Crippen molar-refractivity contribution in [3.8, 4) is 11.5 Å². The molecule has 152 valence electrons. The Balaban J connectivity index is 2.27. The van der Waals surface area contributed by atoms with Gasteiger partial charge in [-0.25, -0.2) is 0 Å². The van der Waals surface area contributed by atoms with Crippen LogP contribution in [0.25, 0.3) is 5.76 Å². The van der Waals surface area contributed by atoms with Gasteiger partial charge in [0.25, 0.3) is 11.7 Å². The molecule has 0 bridgehead atoms. The highest BCUT2D eigenvalue weighted by molar-refractivity contribution is 6.46. The third-order valence-corrected chi connectivity index (χ3v) is 4.78. The average Bonchev–Trinajstić information content (AvgIpc) is 2.97. The second-order valence-corrected chi connectivity index (χ2v) is 6.77. The van der Waals surface area contributed by atoms with Crippen molar-refractivity contribution in [2.75, 3.05) is 20.8 Å². The molecule has 0 unspecified atom stereocenters. The number of ketones is 1. The van der Waals surface area contributed by atoms with Crippen molar-refractivity contribution in [3.05, 3.63) is 65.2 Å². The maximum absolute atomic E-state index is 12.9. The summed E-state index contributed by atoms with van der Waals surface area (Å²) in [4.78, 5) is 26.9. The van der Waals surface area contributed by atoms with Gasteiger partial charge in [0, 0.05) is 17.7 Å². The fourth-order valence-electron chi connectivity index (χ4n) is 3.48. The Morgan fingerprint density at radius 1 is 1.10 bits per heavy atom. The highest BCUT2D eigenvalue weighted by atomic mass is 16.5. The maximum atomic E-state index is 12.9. The van der Waals surface area contributed by atoms with Crippen molar-refractivity contribution in [3.63, 3.8) is 0 Å². The second-order valence-electron chi connectivity index (χ2n) is 6.77. The fourth-order valence-corrected chi connectivity index (χ4v) is 3.48. The molecule has 2 aromatic carbocycles. The first kappa shape index (κ1) is 20.4. The summed E-state index contributed by atoms with van der Waals surface area (Å²) >= 11 is 0. The van der Waals surface area contributed by atoms with Crippen molar-refractivity contribution in [2.45, 2.75) is 19.1 Å². The van der Waals surface area contributed by atoms with Gasteiger partial charge >= 0.3 is 0 Å². The molecular formula is C22H23NO6. The van der Waals surface area contributed by atoms with Crippen molar-refractivity contribution in [1.82, 2.24) is 4.90 Å². The minimum atomic E-state index is -0.935. The van der Waals surface area contributed by atoms with Crippen LogP contribution in [0.15, 0.2) is 54.1 Å². The number of rotatable bonds is 6. The van der Waals surface area contributed by atoms with Gasteiger partial charge in [-0.3, -0.25) is 9.59 Å². The molecule has 1 fully saturated rings. The molecule has 1 aliphatic rings. The molecule has 0 saturated carbocycles. The summed E-state index contributed by atoms with van der Waals surface area (Å²) in [7, 11) is 2.98. The monoisotopic (exact) mass is 397 g/mol. The van der Waals surface area contributed by atoms with E-state index in [1.807, 2.05) is 0 Å². The zero-order chi connectivity index (χ0) is 21.1. The average molecular weight is 397 g/mol. The van der Waals surface area contributed by atoms with Crippen molar-refractivity contribution in [1.29, 1.82) is 0 Å². The molecule has 1 heterocycles. The third-order valence-electron chi connectivity index (χ3n) is 4.78. The Kier molecular flexibility index (Phi) is 5.89. The first-order valence-corrected chi connectivity index (χ1v) is 9.12. The number of methoxy groups -OCH3 is 2. The molecule has 0 aromatic heterocycles. The first-order chi connectivity index (χ1) is 13.9. The largest absolute Gasteiger partial charge is 0.507 e. The number of β-amino-alcohol motifs (C(OH)–C–C–N with tert-alkyl or cyclic N) is 1. The van der Waals surface area contributed by atoms with Crippen LogP contribution in [0.1, 0.15) is 24.1 Å². The highest BCUT2D eigenvalue weighted by Crippen LogP contribution is 2.43. The molecule has 2 N–H and O–H groups in total. The molecule has 2 atom stereocenters. The highest BCUT2D eigenvalue weighted by Gasteiger charge is 2.47. The third kappa shape index (κ3) is 3.82. The van der Waals surface area contributed by atoms with Gasteiger partial charge in [0.1, 0.15) is 17.3 Å². The molecule has 3 rings (SSSR count). The van der Waals surface area contributed by atoms with Gasteiger partial charge in [-0.1, -0.05) is 30.3 Å². The van der Waals surface area contributed by atoms with Crippen molar-refractivity contribution < 1.29 is 29.3 Å². The van der Waals surface area contributed by atoms with Gasteiger partial charge in [0.05, 0.1) is 31.9 Å². The normalized spacial score (nSPS) is 19.3. The zero-order valence-electron chi connectivity index (χ0n) is 16.5. The van der Waals surface area contributed by atoms with E-state index in [1.54, 1.807) is 48.5 Å². The lowest BCUT2D eigenvalue weighted by Crippen LogP contribution is -2.35. The number of ether oxygens (including phenoxy) is 2. The molecular weight excluding hydrogens is 374 g/mol. The number of aliphatic hydroxyl groups excluding tert-OH is 2. The molecule has 1 aliphatic heterocycles. The molecule has 29 heavy (non-hydrogen) atoms. The van der Waals surface area contributed by atoms with E-state index < -0.39 is 23.8 Å². The molecule has 7 heteroatoms. The fraction of sp³-hybridized carbons (Fsp3) is 0.273. The van der Waals surface area contributed by atoms with Crippen LogP contribution in [0.5, 0.6) is 11.5 Å². The minimum Gasteiger partial charge on any atom is -0.507 e. The van der Waals surface area contributed by atoms with Gasteiger partial charge in [-0.15, -0.1) is 0 Å². The number of hydrogen-bond acceptors (Lipinski definition) is 6. The van der Waals surface area contributed by atoms with E-state index in [0.717, 1.165) is 0 Å². The lowest BCUT2D eigenvalue weighted by molar-refractivity contribution is -0.140. The number of Topliss-reactive ketones (excluding diaryl/α,β-unsaturated/α-hetero) is 1. The maximum Gasteiger partial charge on any atom is 0.295 e. The SMILES string of the molecule is COc1ccc(OC)c([C@H]2C(=C(O)c3ccccc3)C(=O)C(=O)N2C[C@@H](C)O)c1. The van der Waals surface area contributed by atoms with Crippen molar-refractivity contribution >= 4 is 17.4 Å². The summed E-state index contributed by atoms with van der Waals surface area (Å²) < 4.78 is 10.7. The van der Waals surface area contributed by atoms with Gasteiger partial charge < -0.3 is 24.6 Å². The van der Waals surface area contributed by atoms with Crippen LogP contribution in [0.2, 0.25) is 0 Å². The summed E-state index contributed by atoms with van der Waals surface area (Å²) in [6, 6.07) is 12.6. The van der Waals surface area contributed by atoms with Crippen LogP contribution in [0, 0.1) is 0 Å². The van der Waals surface area contributed by atoms with Gasteiger partial charge in [-0.2, -0.15) is 0 Å². The predicted octanol–water partition coefficient (Wildman–Crippen LogP) is 2.51. The molecule has 1 amide bonds. The minimum absolute atomic E-state index is 0.0617. The topological polar surface area (TPSA) is 96.3 Å². The number of likely N-dealkylation sites (tertiary alicyclic amines) is 1. The number of hydrogen-bond donors (Lipinski definition) is 2. The van der Waals surface area contributed by atoms with E-state index in [1.165, 1.54) is 26.0 Å². The van der Waals surface area contributed by atoms with Gasteiger partial charge in [0.2, 0.25) is 0 Å². The van der Waals surface area contributed by atoms with E-state index in [9.17, 15) is 19.8 Å². The number of carbonyl (C=O) groups is 2. The Morgan fingerprint density at radius 2 is 1.79 bits per heavy atom. The van der Waals surface area contributed by atoms with E-state index in [2.05, 4.69) is 0 Å². The smallest absolute Gasteiger partial charge is 0.295 e. The summed E-state index contributed by atoms with van der Waals surface area (Å²) in [6.07, 6.45) is -0.871. The van der Waals surface area contributed by atoms with E-state index >= 15 is 0 Å². The van der Waals surface area contributed by atoms with Crippen LogP contribution >= 0.6 is 0 Å². The molecule has 0 radical (unpaired) electrons. The van der Waals surface area contributed by atoms with E-state index in [-0.39, 0.29) is 17.9 Å².